The van der Waals surface area contributed by atoms with E-state index in [1.54, 1.807) is 0 Å². The number of ether oxygens (including phenoxy) is 2. The molecule has 1 unspecified atom stereocenters. The Morgan fingerprint density at radius 1 is 1.09 bits per heavy atom. The van der Waals surface area contributed by atoms with E-state index in [0.717, 1.165) is 6.08 Å². The molecule has 0 amide bonds. The van der Waals surface area contributed by atoms with Gasteiger partial charge in [-0.1, -0.05) is 6.58 Å². The number of hydrogen-bond donors (Lipinski definition) is 4. The average molecular weight is 330 g/mol. The van der Waals surface area contributed by atoms with E-state index in [9.17, 15) is 30.0 Å². The van der Waals surface area contributed by atoms with Crippen molar-refractivity contribution in [2.24, 2.45) is 0 Å². The predicted octanol–water partition coefficient (Wildman–Crippen LogP) is -1.56. The second-order valence-electron chi connectivity index (χ2n) is 5.84. The number of hydrogen-bond acceptors (Lipinski definition) is 8. The van der Waals surface area contributed by atoms with Gasteiger partial charge in [-0.2, -0.15) is 0 Å². The fourth-order valence-corrected chi connectivity index (χ4v) is 2.83. The van der Waals surface area contributed by atoms with Gasteiger partial charge in [0.2, 0.25) is 5.60 Å². The summed E-state index contributed by atoms with van der Waals surface area (Å²) >= 11 is 0. The van der Waals surface area contributed by atoms with Gasteiger partial charge in [0.1, 0.15) is 24.4 Å². The van der Waals surface area contributed by atoms with E-state index in [-0.39, 0.29) is 12.8 Å². The van der Waals surface area contributed by atoms with E-state index in [0.29, 0.717) is 12.8 Å². The normalized spacial score (nSPS) is 38.2. The van der Waals surface area contributed by atoms with Gasteiger partial charge in [0.25, 0.3) is 0 Å². The summed E-state index contributed by atoms with van der Waals surface area (Å²) in [6.45, 7) is 3.09. The van der Waals surface area contributed by atoms with E-state index >= 15 is 0 Å². The molecule has 1 aliphatic heterocycles. The summed E-state index contributed by atoms with van der Waals surface area (Å²) in [4.78, 5) is 24.5. The molecule has 130 valence electrons. The molecule has 1 aliphatic carbocycles. The molecule has 0 bridgehead atoms. The van der Waals surface area contributed by atoms with Gasteiger partial charge in [-0.25, -0.2) is 0 Å². The van der Waals surface area contributed by atoms with Crippen LogP contribution in [0.2, 0.25) is 0 Å². The van der Waals surface area contributed by atoms with Crippen molar-refractivity contribution >= 4 is 11.6 Å². The van der Waals surface area contributed by atoms with E-state index in [1.807, 2.05) is 0 Å². The molecule has 1 heterocycles. The molecule has 8 heteroatoms. The highest BCUT2D eigenvalue weighted by atomic mass is 16.6. The summed E-state index contributed by atoms with van der Waals surface area (Å²) in [5.74, 6) is -0.831. The molecular weight excluding hydrogens is 308 g/mol. The summed E-state index contributed by atoms with van der Waals surface area (Å²) in [7, 11) is 0. The van der Waals surface area contributed by atoms with Crippen LogP contribution in [-0.2, 0) is 19.1 Å². The zero-order chi connectivity index (χ0) is 17.2. The Balaban J connectivity index is 2.11. The van der Waals surface area contributed by atoms with Gasteiger partial charge in [-0.15, -0.1) is 0 Å². The van der Waals surface area contributed by atoms with Crippen molar-refractivity contribution in [3.05, 3.63) is 12.7 Å². The number of ketones is 2. The van der Waals surface area contributed by atoms with E-state index in [2.05, 4.69) is 6.58 Å². The fraction of sp³-hybridized carbons (Fsp3) is 0.733. The molecule has 4 N–H and O–H groups in total. The maximum atomic E-state index is 12.3. The number of rotatable bonds is 4. The van der Waals surface area contributed by atoms with Gasteiger partial charge >= 0.3 is 0 Å². The van der Waals surface area contributed by atoms with Crippen LogP contribution in [0.15, 0.2) is 12.7 Å². The Morgan fingerprint density at radius 3 is 2.17 bits per heavy atom. The molecule has 0 aromatic rings. The third-order valence-electron chi connectivity index (χ3n) is 4.34. The van der Waals surface area contributed by atoms with Crippen LogP contribution < -0.4 is 0 Å². The monoisotopic (exact) mass is 330 g/mol. The zero-order valence-corrected chi connectivity index (χ0v) is 12.6. The first-order valence-electron chi connectivity index (χ1n) is 7.55. The Morgan fingerprint density at radius 2 is 1.65 bits per heavy atom. The first-order chi connectivity index (χ1) is 10.8. The second-order valence-corrected chi connectivity index (χ2v) is 5.84. The summed E-state index contributed by atoms with van der Waals surface area (Å²) in [6, 6.07) is 0. The summed E-state index contributed by atoms with van der Waals surface area (Å²) < 4.78 is 10.4. The lowest BCUT2D eigenvalue weighted by Crippen LogP contribution is -2.59. The highest BCUT2D eigenvalue weighted by molar-refractivity contribution is 6.13. The second kappa shape index (κ2) is 7.16. The standard InChI is InChI=1S/C15H22O8/c1-2-15(9(16)5-3-4-6-10(15)17)22-7-8-11(18)12(19)13(20)14(21)23-8/h2,8,11-14,18-21H,1,3-7H2/t8-,11+,12+,13-,14?/m1/s1. The van der Waals surface area contributed by atoms with Crippen molar-refractivity contribution in [3.63, 3.8) is 0 Å². The topological polar surface area (TPSA) is 134 Å². The van der Waals surface area contributed by atoms with Crippen molar-refractivity contribution in [2.45, 2.75) is 62.0 Å². The van der Waals surface area contributed by atoms with Crippen LogP contribution in [0.1, 0.15) is 25.7 Å². The van der Waals surface area contributed by atoms with E-state index < -0.39 is 54.5 Å². The van der Waals surface area contributed by atoms with Crippen LogP contribution >= 0.6 is 0 Å². The number of aliphatic hydroxyl groups excluding tert-OH is 4. The van der Waals surface area contributed by atoms with E-state index in [1.165, 1.54) is 0 Å². The van der Waals surface area contributed by atoms with Crippen LogP contribution in [-0.4, -0.2) is 74.9 Å². The molecule has 8 nitrogen and oxygen atoms in total. The van der Waals surface area contributed by atoms with Gasteiger partial charge in [0, 0.05) is 12.8 Å². The Hall–Kier alpha value is -1.16. The van der Waals surface area contributed by atoms with Gasteiger partial charge in [0.05, 0.1) is 6.61 Å². The van der Waals surface area contributed by atoms with Crippen molar-refractivity contribution < 1.29 is 39.5 Å². The lowest BCUT2D eigenvalue weighted by Gasteiger charge is -2.39. The highest BCUT2D eigenvalue weighted by Gasteiger charge is 2.47. The van der Waals surface area contributed by atoms with Gasteiger partial charge in [-0.3, -0.25) is 9.59 Å². The number of Topliss-reactive ketones (excluding diaryl/α,β-unsaturated/α-hetero) is 2. The molecule has 0 radical (unpaired) electrons. The summed E-state index contributed by atoms with van der Waals surface area (Å²) in [5.41, 5.74) is -1.80. The minimum atomic E-state index is -1.80. The molecule has 2 aliphatic rings. The minimum absolute atomic E-state index is 0.176. The van der Waals surface area contributed by atoms with Crippen LogP contribution in [0.5, 0.6) is 0 Å². The molecule has 0 spiro atoms. The van der Waals surface area contributed by atoms with Gasteiger partial charge in [-0.05, 0) is 18.9 Å². The quantitative estimate of drug-likeness (QED) is 0.276. The Labute approximate surface area is 133 Å². The minimum Gasteiger partial charge on any atom is -0.387 e. The number of aliphatic hydroxyl groups is 4. The predicted molar refractivity (Wildman–Crippen MR) is 76.3 cm³/mol. The summed E-state index contributed by atoms with van der Waals surface area (Å²) in [6.07, 6.45) is -5.09. The molecule has 5 atom stereocenters. The molecule has 0 aromatic heterocycles. The van der Waals surface area contributed by atoms with Crippen LogP contribution in [0.3, 0.4) is 0 Å². The Kier molecular flexibility index (Phi) is 5.66. The highest BCUT2D eigenvalue weighted by Crippen LogP contribution is 2.28. The van der Waals surface area contributed by atoms with Crippen LogP contribution in [0.4, 0.5) is 0 Å². The molecule has 1 saturated heterocycles. The molecular formula is C15H22O8. The van der Waals surface area contributed by atoms with Crippen molar-refractivity contribution in [2.75, 3.05) is 6.61 Å². The Bertz CT molecular complexity index is 458. The first-order valence-corrected chi connectivity index (χ1v) is 7.55. The van der Waals surface area contributed by atoms with Gasteiger partial charge in [0.15, 0.2) is 17.9 Å². The number of carbonyl (C=O) groups is 2. The molecule has 2 rings (SSSR count). The first kappa shape index (κ1) is 18.2. The van der Waals surface area contributed by atoms with Crippen molar-refractivity contribution in [1.29, 1.82) is 0 Å². The lowest BCUT2D eigenvalue weighted by atomic mass is 9.91. The molecule has 0 aromatic carbocycles. The molecule has 2 fully saturated rings. The summed E-state index contributed by atoms with van der Waals surface area (Å²) in [5, 5.41) is 38.4. The zero-order valence-electron chi connectivity index (χ0n) is 12.6. The maximum absolute atomic E-state index is 12.3. The fourth-order valence-electron chi connectivity index (χ4n) is 2.83. The number of carbonyl (C=O) groups excluding carboxylic acids is 2. The third-order valence-corrected chi connectivity index (χ3v) is 4.34. The SMILES string of the molecule is C=CC1(OC[C@H]2OC(O)[C@H](O)[C@@H](O)[C@H]2O)C(=O)CCCCC1=O. The van der Waals surface area contributed by atoms with Crippen molar-refractivity contribution in [1.82, 2.24) is 0 Å². The average Bonchev–Trinajstić information content (AvgIpc) is 2.67. The third kappa shape index (κ3) is 3.37. The smallest absolute Gasteiger partial charge is 0.202 e. The van der Waals surface area contributed by atoms with E-state index in [4.69, 9.17) is 9.47 Å². The molecule has 23 heavy (non-hydrogen) atoms. The van der Waals surface area contributed by atoms with Crippen LogP contribution in [0, 0.1) is 0 Å². The van der Waals surface area contributed by atoms with Gasteiger partial charge < -0.3 is 29.9 Å². The molecule has 1 saturated carbocycles. The van der Waals surface area contributed by atoms with Crippen molar-refractivity contribution in [3.8, 4) is 0 Å². The largest absolute Gasteiger partial charge is 0.387 e. The maximum Gasteiger partial charge on any atom is 0.202 e. The van der Waals surface area contributed by atoms with Crippen LogP contribution in [0.25, 0.3) is 0 Å². The lowest BCUT2D eigenvalue weighted by molar-refractivity contribution is -0.290.